The van der Waals surface area contributed by atoms with E-state index in [2.05, 4.69) is 72.8 Å². The summed E-state index contributed by atoms with van der Waals surface area (Å²) in [6.45, 7) is 3.71. The second-order valence-electron chi connectivity index (χ2n) is 10.9. The van der Waals surface area contributed by atoms with E-state index in [1.54, 1.807) is 0 Å². The molecular weight excluding hydrogens is 488 g/mol. The van der Waals surface area contributed by atoms with Gasteiger partial charge in [-0.15, -0.1) is 0 Å². The molecule has 8 rings (SSSR count). The second-order valence-corrected chi connectivity index (χ2v) is 10.9. The molecule has 40 heavy (non-hydrogen) atoms. The van der Waals surface area contributed by atoms with E-state index in [0.29, 0.717) is 22.3 Å². The van der Waals surface area contributed by atoms with Gasteiger partial charge in [0.15, 0.2) is 11.6 Å². The predicted octanol–water partition coefficient (Wildman–Crippen LogP) is 9.18. The average molecular weight is 513 g/mol. The van der Waals surface area contributed by atoms with Crippen molar-refractivity contribution in [2.24, 2.45) is 0 Å². The Balaban J connectivity index is 1.64. The summed E-state index contributed by atoms with van der Waals surface area (Å²) in [5, 5.41) is 8.50. The second kappa shape index (κ2) is 8.21. The van der Waals surface area contributed by atoms with Crippen LogP contribution in [0.15, 0.2) is 108 Å². The van der Waals surface area contributed by atoms with Crippen LogP contribution in [0.25, 0.3) is 66.4 Å². The molecule has 0 unspecified atom stereocenters. The van der Waals surface area contributed by atoms with Crippen LogP contribution in [0.1, 0.15) is 36.1 Å². The lowest BCUT2D eigenvalue weighted by Crippen LogP contribution is -2.19. The summed E-state index contributed by atoms with van der Waals surface area (Å²) in [4.78, 5) is 28.7. The Morgan fingerprint density at radius 2 is 0.800 bits per heavy atom. The first-order chi connectivity index (χ1) is 19.5. The molecular formula is C38H24O2. The molecule has 0 aliphatic heterocycles. The van der Waals surface area contributed by atoms with Gasteiger partial charge in [-0.05, 0) is 91.4 Å². The molecule has 2 nitrogen and oxygen atoms in total. The molecule has 0 bridgehead atoms. The smallest absolute Gasteiger partial charge is 0.190 e. The van der Waals surface area contributed by atoms with E-state index in [9.17, 15) is 9.59 Å². The Labute approximate surface area is 231 Å². The Bertz CT molecular complexity index is 2090. The fraction of sp³-hybridized carbons (Fsp3) is 0.0526. The van der Waals surface area contributed by atoms with Gasteiger partial charge in [0.05, 0.1) is 0 Å². The van der Waals surface area contributed by atoms with Crippen molar-refractivity contribution in [2.45, 2.75) is 13.8 Å². The zero-order chi connectivity index (χ0) is 27.1. The Morgan fingerprint density at radius 3 is 1.25 bits per heavy atom. The molecule has 0 amide bonds. The number of Topliss-reactive ketones (excluding diaryl/α,β-unsaturated/α-hetero) is 2. The molecule has 0 aromatic heterocycles. The molecule has 2 heteroatoms. The molecule has 0 saturated heterocycles. The quantitative estimate of drug-likeness (QED) is 0.150. The van der Waals surface area contributed by atoms with Gasteiger partial charge in [0, 0.05) is 22.3 Å². The van der Waals surface area contributed by atoms with E-state index in [-0.39, 0.29) is 11.6 Å². The first-order valence-corrected chi connectivity index (χ1v) is 13.6. The number of benzene rings is 6. The standard InChI is InChI=1S/C38H24O2/c1-21-19-27-17-15-25-13-11-23-7-3-5-9-29(23)31(25)33(27)35(37(21)39)36-34-28(20-22(2)38(36)40)18-16-26-14-12-24-8-4-6-10-30(24)32(26)34/h3-20H,1-2H3/b36-35+. The number of hydrogen-bond acceptors (Lipinski definition) is 2. The highest BCUT2D eigenvalue weighted by Crippen LogP contribution is 2.47. The maximum absolute atomic E-state index is 14.3. The summed E-state index contributed by atoms with van der Waals surface area (Å²) in [7, 11) is 0. The summed E-state index contributed by atoms with van der Waals surface area (Å²) >= 11 is 0. The molecule has 0 heterocycles. The number of carbonyl (C=O) groups is 2. The first kappa shape index (κ1) is 22.9. The normalized spacial score (nSPS) is 16.9. The molecule has 188 valence electrons. The summed E-state index contributed by atoms with van der Waals surface area (Å²) in [5.74, 6) is -0.177. The lowest BCUT2D eigenvalue weighted by atomic mass is 9.74. The van der Waals surface area contributed by atoms with E-state index < -0.39 is 0 Å². The van der Waals surface area contributed by atoms with E-state index in [1.807, 2.05) is 50.3 Å². The monoisotopic (exact) mass is 512 g/mol. The fourth-order valence-corrected chi connectivity index (χ4v) is 6.70. The predicted molar refractivity (Wildman–Crippen MR) is 167 cm³/mol. The van der Waals surface area contributed by atoms with Crippen molar-refractivity contribution in [3.63, 3.8) is 0 Å². The van der Waals surface area contributed by atoms with Crippen LogP contribution >= 0.6 is 0 Å². The summed E-state index contributed by atoms with van der Waals surface area (Å²) in [5.41, 5.74) is 5.94. The average Bonchev–Trinajstić information content (AvgIpc) is 2.98. The van der Waals surface area contributed by atoms with Crippen molar-refractivity contribution >= 4 is 78.0 Å². The molecule has 2 aliphatic carbocycles. The number of fused-ring (bicyclic) bond motifs is 10. The van der Waals surface area contributed by atoms with E-state index >= 15 is 0 Å². The van der Waals surface area contributed by atoms with Gasteiger partial charge in [0.25, 0.3) is 0 Å². The molecule has 0 atom stereocenters. The summed E-state index contributed by atoms with van der Waals surface area (Å²) in [6.07, 6.45) is 3.94. The third-order valence-corrected chi connectivity index (χ3v) is 8.55. The fourth-order valence-electron chi connectivity index (χ4n) is 6.70. The van der Waals surface area contributed by atoms with Crippen molar-refractivity contribution in [2.75, 3.05) is 0 Å². The molecule has 0 radical (unpaired) electrons. The van der Waals surface area contributed by atoms with Crippen LogP contribution in [0.2, 0.25) is 0 Å². The minimum Gasteiger partial charge on any atom is -0.289 e. The SMILES string of the molecule is CC1=Cc2ccc3ccc4ccccc4c3c2/C(=C2\C(=O)C(C)=Cc3ccc4ccc5ccccc5c4c32)C1=O. The molecule has 0 N–H and O–H groups in total. The van der Waals surface area contributed by atoms with Gasteiger partial charge >= 0.3 is 0 Å². The molecule has 0 fully saturated rings. The zero-order valence-corrected chi connectivity index (χ0v) is 22.2. The van der Waals surface area contributed by atoms with Crippen molar-refractivity contribution in [1.29, 1.82) is 0 Å². The minimum atomic E-state index is -0.0887. The van der Waals surface area contributed by atoms with Gasteiger partial charge in [0.1, 0.15) is 0 Å². The van der Waals surface area contributed by atoms with Crippen molar-refractivity contribution < 1.29 is 9.59 Å². The van der Waals surface area contributed by atoms with Crippen LogP contribution in [0.4, 0.5) is 0 Å². The highest BCUT2D eigenvalue weighted by molar-refractivity contribution is 6.52. The molecule has 0 spiro atoms. The van der Waals surface area contributed by atoms with Crippen LogP contribution in [0.5, 0.6) is 0 Å². The van der Waals surface area contributed by atoms with Crippen LogP contribution < -0.4 is 0 Å². The van der Waals surface area contributed by atoms with Crippen molar-refractivity contribution in [3.05, 3.63) is 130 Å². The van der Waals surface area contributed by atoms with Crippen molar-refractivity contribution in [1.82, 2.24) is 0 Å². The van der Waals surface area contributed by atoms with Crippen LogP contribution in [-0.4, -0.2) is 11.6 Å². The maximum atomic E-state index is 14.3. The lowest BCUT2D eigenvalue weighted by molar-refractivity contribution is -0.112. The highest BCUT2D eigenvalue weighted by Gasteiger charge is 2.34. The number of ketones is 2. The minimum absolute atomic E-state index is 0.0887. The van der Waals surface area contributed by atoms with Crippen LogP contribution in [0.3, 0.4) is 0 Å². The Hall–Kier alpha value is -5.08. The van der Waals surface area contributed by atoms with Gasteiger partial charge in [-0.3, -0.25) is 9.59 Å². The van der Waals surface area contributed by atoms with E-state index in [0.717, 1.165) is 65.3 Å². The first-order valence-electron chi connectivity index (χ1n) is 13.6. The maximum Gasteiger partial charge on any atom is 0.190 e. The van der Waals surface area contributed by atoms with Gasteiger partial charge in [-0.25, -0.2) is 0 Å². The lowest BCUT2D eigenvalue weighted by Gasteiger charge is -2.27. The largest absolute Gasteiger partial charge is 0.289 e. The third-order valence-electron chi connectivity index (χ3n) is 8.55. The third kappa shape index (κ3) is 3.05. The molecule has 6 aromatic rings. The van der Waals surface area contributed by atoms with Crippen molar-refractivity contribution in [3.8, 4) is 0 Å². The van der Waals surface area contributed by atoms with Crippen LogP contribution in [0, 0.1) is 0 Å². The van der Waals surface area contributed by atoms with E-state index in [4.69, 9.17) is 0 Å². The summed E-state index contributed by atoms with van der Waals surface area (Å²) in [6, 6.07) is 33.4. The van der Waals surface area contributed by atoms with Gasteiger partial charge in [-0.2, -0.15) is 0 Å². The number of hydrogen-bond donors (Lipinski definition) is 0. The van der Waals surface area contributed by atoms with Crippen LogP contribution in [-0.2, 0) is 9.59 Å². The number of rotatable bonds is 0. The Morgan fingerprint density at radius 1 is 0.425 bits per heavy atom. The van der Waals surface area contributed by atoms with Gasteiger partial charge in [0.2, 0.25) is 0 Å². The Kier molecular flexibility index (Phi) is 4.69. The van der Waals surface area contributed by atoms with E-state index in [1.165, 1.54) is 0 Å². The topological polar surface area (TPSA) is 34.1 Å². The van der Waals surface area contributed by atoms with Gasteiger partial charge < -0.3 is 0 Å². The number of carbonyl (C=O) groups excluding carboxylic acids is 2. The number of allylic oxidation sites excluding steroid dienone is 4. The summed E-state index contributed by atoms with van der Waals surface area (Å²) < 4.78 is 0. The molecule has 6 aromatic carbocycles. The molecule has 0 saturated carbocycles. The highest BCUT2D eigenvalue weighted by atomic mass is 16.1. The zero-order valence-electron chi connectivity index (χ0n) is 22.2. The molecule has 2 aliphatic rings. The van der Waals surface area contributed by atoms with Gasteiger partial charge in [-0.1, -0.05) is 97.1 Å².